The van der Waals surface area contributed by atoms with Gasteiger partial charge in [-0.05, 0) is 51.0 Å². The van der Waals surface area contributed by atoms with E-state index in [2.05, 4.69) is 5.32 Å². The second-order valence-electron chi connectivity index (χ2n) is 9.28. The summed E-state index contributed by atoms with van der Waals surface area (Å²) >= 11 is 12.3. The lowest BCUT2D eigenvalue weighted by atomic mass is 10.2. The molecule has 0 saturated carbocycles. The van der Waals surface area contributed by atoms with E-state index in [9.17, 15) is 9.59 Å². The first kappa shape index (κ1) is 29.9. The van der Waals surface area contributed by atoms with Crippen LogP contribution in [0.4, 0.5) is 5.69 Å². The lowest BCUT2D eigenvalue weighted by Crippen LogP contribution is -2.43. The second-order valence-corrected chi connectivity index (χ2v) is 10.1. The molecule has 0 aromatic heterocycles. The molecule has 0 amide bonds. The third kappa shape index (κ3) is 11.2. The van der Waals surface area contributed by atoms with Crippen molar-refractivity contribution >= 4 is 40.8 Å². The molecule has 1 atom stereocenters. The Balaban J connectivity index is 1.94. The van der Waals surface area contributed by atoms with Gasteiger partial charge in [0.15, 0.2) is 0 Å². The number of ether oxygens (including phenoxy) is 3. The van der Waals surface area contributed by atoms with Crippen LogP contribution in [-0.4, -0.2) is 56.9 Å². The summed E-state index contributed by atoms with van der Waals surface area (Å²) in [5.41, 5.74) is 1.33. The molecule has 0 aliphatic heterocycles. The van der Waals surface area contributed by atoms with Gasteiger partial charge in [0.25, 0.3) is 0 Å². The number of hydrogen-bond donors (Lipinski definition) is 1. The maximum atomic E-state index is 12.3. The lowest BCUT2D eigenvalue weighted by Gasteiger charge is -2.27. The molecule has 9 heteroatoms. The summed E-state index contributed by atoms with van der Waals surface area (Å²) in [5.74, 6) is -0.642. The highest BCUT2D eigenvalue weighted by Gasteiger charge is 2.20. The molecular formula is C27H36Cl2N2O5. The van der Waals surface area contributed by atoms with E-state index in [1.807, 2.05) is 62.1 Å². The monoisotopic (exact) mass is 538 g/mol. The lowest BCUT2D eigenvalue weighted by molar-refractivity contribution is -0.154. The third-order valence-corrected chi connectivity index (χ3v) is 5.93. The Morgan fingerprint density at radius 1 is 1.03 bits per heavy atom. The van der Waals surface area contributed by atoms with E-state index in [0.29, 0.717) is 49.3 Å². The predicted octanol–water partition coefficient (Wildman–Crippen LogP) is 5.27. The number of esters is 2. The number of halogens is 2. The van der Waals surface area contributed by atoms with Gasteiger partial charge < -0.3 is 24.4 Å². The summed E-state index contributed by atoms with van der Waals surface area (Å²) in [6.07, 6.45) is 0.662. The zero-order chi connectivity index (χ0) is 26.6. The normalized spacial score (nSPS) is 12.2. The van der Waals surface area contributed by atoms with Crippen molar-refractivity contribution in [1.82, 2.24) is 5.32 Å². The summed E-state index contributed by atoms with van der Waals surface area (Å²) in [6, 6.07) is 14.7. The molecular weight excluding hydrogens is 503 g/mol. The van der Waals surface area contributed by atoms with Crippen molar-refractivity contribution in [3.8, 4) is 0 Å². The number of carbonyl (C=O) groups is 2. The van der Waals surface area contributed by atoms with Gasteiger partial charge in [-0.25, -0.2) is 0 Å². The fourth-order valence-corrected chi connectivity index (χ4v) is 3.75. The van der Waals surface area contributed by atoms with Crippen LogP contribution in [0.1, 0.15) is 39.2 Å². The SMILES string of the molecule is COC(=O)[C@H](CCOCc1ccccc1)NCCN(CCC(=O)OC(C)(C)C)c1ccc(Cl)c(Cl)c1. The molecule has 0 fully saturated rings. The molecule has 0 aliphatic rings. The number of nitrogens with zero attached hydrogens (tertiary/aromatic N) is 1. The number of methoxy groups -OCH3 is 1. The Morgan fingerprint density at radius 2 is 1.75 bits per heavy atom. The molecule has 1 N–H and O–H groups in total. The molecule has 2 aromatic rings. The minimum absolute atomic E-state index is 0.200. The van der Waals surface area contributed by atoms with E-state index in [1.165, 1.54) is 7.11 Å². The van der Waals surface area contributed by atoms with Crippen LogP contribution in [0.3, 0.4) is 0 Å². The zero-order valence-electron chi connectivity index (χ0n) is 21.4. The van der Waals surface area contributed by atoms with E-state index in [1.54, 1.807) is 12.1 Å². The molecule has 0 heterocycles. The number of benzene rings is 2. The highest BCUT2D eigenvalue weighted by atomic mass is 35.5. The van der Waals surface area contributed by atoms with Gasteiger partial charge in [-0.2, -0.15) is 0 Å². The van der Waals surface area contributed by atoms with Crippen LogP contribution in [0, 0.1) is 0 Å². The van der Waals surface area contributed by atoms with Gasteiger partial charge in [0.1, 0.15) is 11.6 Å². The van der Waals surface area contributed by atoms with Crippen molar-refractivity contribution in [2.24, 2.45) is 0 Å². The average Bonchev–Trinajstić information content (AvgIpc) is 2.83. The maximum absolute atomic E-state index is 12.3. The number of rotatable bonds is 14. The molecule has 0 spiro atoms. The highest BCUT2D eigenvalue weighted by molar-refractivity contribution is 6.42. The zero-order valence-corrected chi connectivity index (χ0v) is 22.9. The molecule has 2 aromatic carbocycles. The summed E-state index contributed by atoms with van der Waals surface area (Å²) in [7, 11) is 1.37. The van der Waals surface area contributed by atoms with Gasteiger partial charge in [0, 0.05) is 31.9 Å². The number of anilines is 1. The van der Waals surface area contributed by atoms with Crippen LogP contribution in [0.2, 0.25) is 10.0 Å². The van der Waals surface area contributed by atoms with E-state index < -0.39 is 11.6 Å². The van der Waals surface area contributed by atoms with E-state index in [0.717, 1.165) is 11.3 Å². The molecule has 7 nitrogen and oxygen atoms in total. The molecule has 0 saturated heterocycles. The Bertz CT molecular complexity index is 966. The predicted molar refractivity (Wildman–Crippen MR) is 144 cm³/mol. The minimum atomic E-state index is -0.552. The van der Waals surface area contributed by atoms with Crippen molar-refractivity contribution in [1.29, 1.82) is 0 Å². The van der Waals surface area contributed by atoms with Gasteiger partial charge in [-0.3, -0.25) is 9.59 Å². The first-order valence-corrected chi connectivity index (χ1v) is 12.7. The summed E-state index contributed by atoms with van der Waals surface area (Å²) < 4.78 is 16.1. The molecule has 0 aliphatic carbocycles. The van der Waals surface area contributed by atoms with Crippen molar-refractivity contribution < 1.29 is 23.8 Å². The number of carbonyl (C=O) groups excluding carboxylic acids is 2. The van der Waals surface area contributed by atoms with Crippen LogP contribution in [0.25, 0.3) is 0 Å². The van der Waals surface area contributed by atoms with Crippen LogP contribution in [0.5, 0.6) is 0 Å². The molecule has 36 heavy (non-hydrogen) atoms. The number of nitrogens with one attached hydrogen (secondary N) is 1. The highest BCUT2D eigenvalue weighted by Crippen LogP contribution is 2.27. The largest absolute Gasteiger partial charge is 0.468 e. The number of hydrogen-bond acceptors (Lipinski definition) is 7. The topological polar surface area (TPSA) is 77.1 Å². The van der Waals surface area contributed by atoms with Crippen molar-refractivity contribution in [3.63, 3.8) is 0 Å². The van der Waals surface area contributed by atoms with Crippen molar-refractivity contribution in [3.05, 3.63) is 64.1 Å². The van der Waals surface area contributed by atoms with Gasteiger partial charge in [-0.15, -0.1) is 0 Å². The van der Waals surface area contributed by atoms with Crippen LogP contribution >= 0.6 is 23.2 Å². The maximum Gasteiger partial charge on any atom is 0.322 e. The molecule has 0 bridgehead atoms. The van der Waals surface area contributed by atoms with Crippen molar-refractivity contribution in [2.45, 2.75) is 51.9 Å². The summed E-state index contributed by atoms with van der Waals surface area (Å²) in [6.45, 7) is 7.78. The smallest absolute Gasteiger partial charge is 0.322 e. The van der Waals surface area contributed by atoms with Gasteiger partial charge in [0.2, 0.25) is 0 Å². The van der Waals surface area contributed by atoms with Gasteiger partial charge in [-0.1, -0.05) is 53.5 Å². The Hall–Kier alpha value is -2.32. The van der Waals surface area contributed by atoms with Gasteiger partial charge >= 0.3 is 11.9 Å². The standard InChI is InChI=1S/C27H36Cl2N2O5/c1-27(2,3)36-25(32)12-15-31(21-10-11-22(28)23(29)18-21)16-14-30-24(26(33)34-4)13-17-35-19-20-8-6-5-7-9-20/h5-11,18,24,30H,12-17,19H2,1-4H3/t24-/m0/s1. The van der Waals surface area contributed by atoms with E-state index in [-0.39, 0.29) is 18.4 Å². The Labute approximate surface area is 224 Å². The van der Waals surface area contributed by atoms with E-state index in [4.69, 9.17) is 37.4 Å². The fraction of sp³-hybridized carbons (Fsp3) is 0.481. The first-order chi connectivity index (χ1) is 17.1. The Kier molecular flexibility index (Phi) is 12.5. The molecule has 198 valence electrons. The molecule has 2 rings (SSSR count). The third-order valence-electron chi connectivity index (χ3n) is 5.19. The van der Waals surface area contributed by atoms with Crippen LogP contribution in [-0.2, 0) is 30.4 Å². The van der Waals surface area contributed by atoms with Gasteiger partial charge in [0.05, 0.1) is 30.2 Å². The Morgan fingerprint density at radius 3 is 2.39 bits per heavy atom. The molecule has 0 radical (unpaired) electrons. The minimum Gasteiger partial charge on any atom is -0.468 e. The first-order valence-electron chi connectivity index (χ1n) is 11.9. The van der Waals surface area contributed by atoms with Crippen molar-refractivity contribution in [2.75, 3.05) is 38.3 Å². The van der Waals surface area contributed by atoms with Crippen LogP contribution in [0.15, 0.2) is 48.5 Å². The second kappa shape index (κ2) is 15.1. The average molecular weight is 540 g/mol. The quantitative estimate of drug-likeness (QED) is 0.259. The fourth-order valence-electron chi connectivity index (χ4n) is 3.46. The summed E-state index contributed by atoms with van der Waals surface area (Å²) in [5, 5.41) is 4.12. The van der Waals surface area contributed by atoms with Crippen LogP contribution < -0.4 is 10.2 Å². The summed E-state index contributed by atoms with van der Waals surface area (Å²) in [4.78, 5) is 26.6. The van der Waals surface area contributed by atoms with E-state index >= 15 is 0 Å². The molecule has 0 unspecified atom stereocenters.